The van der Waals surface area contributed by atoms with E-state index in [1.54, 1.807) is 0 Å². The van der Waals surface area contributed by atoms with Gasteiger partial charge in [0, 0.05) is 37.7 Å². The van der Waals surface area contributed by atoms with Crippen molar-refractivity contribution in [3.8, 4) is 0 Å². The quantitative estimate of drug-likeness (QED) is 0.860. The molecule has 1 heterocycles. The second-order valence-corrected chi connectivity index (χ2v) is 5.81. The standard InChI is InChI=1S/C17H25N3O2.ClH/c1-13-6-2-3-8-15(13)17(22)20-11-5-4-7-14(20)12-19-16(21)9-10-18;/h2-3,6,8,14H,4-5,7,9-12,18H2,1H3,(H,19,21);1H. The van der Waals surface area contributed by atoms with Crippen LogP contribution in [0.15, 0.2) is 24.3 Å². The molecule has 1 aromatic rings. The van der Waals surface area contributed by atoms with E-state index in [9.17, 15) is 9.59 Å². The summed E-state index contributed by atoms with van der Waals surface area (Å²) >= 11 is 0. The van der Waals surface area contributed by atoms with E-state index in [1.807, 2.05) is 36.1 Å². The monoisotopic (exact) mass is 339 g/mol. The lowest BCUT2D eigenvalue weighted by Crippen LogP contribution is -2.49. The van der Waals surface area contributed by atoms with Gasteiger partial charge in [0.15, 0.2) is 0 Å². The number of halogens is 1. The molecule has 0 spiro atoms. The zero-order chi connectivity index (χ0) is 15.9. The van der Waals surface area contributed by atoms with Crippen LogP contribution in [0.3, 0.4) is 0 Å². The number of nitrogens with zero attached hydrogens (tertiary/aromatic N) is 1. The first kappa shape index (κ1) is 19.5. The smallest absolute Gasteiger partial charge is 0.254 e. The van der Waals surface area contributed by atoms with E-state index in [-0.39, 0.29) is 30.3 Å². The Bertz CT molecular complexity index is 536. The molecule has 0 aliphatic carbocycles. The molecule has 0 bridgehead atoms. The number of carbonyl (C=O) groups is 2. The van der Waals surface area contributed by atoms with Crippen molar-refractivity contribution in [1.82, 2.24) is 10.2 Å². The number of nitrogens with one attached hydrogen (secondary N) is 1. The predicted molar refractivity (Wildman–Crippen MR) is 93.8 cm³/mol. The molecule has 23 heavy (non-hydrogen) atoms. The fourth-order valence-corrected chi connectivity index (χ4v) is 2.90. The van der Waals surface area contributed by atoms with Crippen LogP contribution in [-0.4, -0.2) is 42.4 Å². The van der Waals surface area contributed by atoms with Gasteiger partial charge in [-0.1, -0.05) is 18.2 Å². The zero-order valence-electron chi connectivity index (χ0n) is 13.6. The Kier molecular flexibility index (Phi) is 8.06. The molecule has 0 aromatic heterocycles. The van der Waals surface area contributed by atoms with Gasteiger partial charge in [0.25, 0.3) is 5.91 Å². The summed E-state index contributed by atoms with van der Waals surface area (Å²) < 4.78 is 0. The van der Waals surface area contributed by atoms with Crippen LogP contribution in [0.4, 0.5) is 0 Å². The largest absolute Gasteiger partial charge is 0.354 e. The molecule has 3 N–H and O–H groups in total. The minimum atomic E-state index is -0.0450. The number of nitrogens with two attached hydrogens (primary N) is 1. The van der Waals surface area contributed by atoms with Crippen molar-refractivity contribution in [3.63, 3.8) is 0 Å². The van der Waals surface area contributed by atoms with E-state index in [2.05, 4.69) is 5.32 Å². The topological polar surface area (TPSA) is 75.4 Å². The van der Waals surface area contributed by atoms with Crippen molar-refractivity contribution in [1.29, 1.82) is 0 Å². The molecule has 1 fully saturated rings. The van der Waals surface area contributed by atoms with Crippen LogP contribution >= 0.6 is 12.4 Å². The number of likely N-dealkylation sites (tertiary alicyclic amines) is 1. The number of piperidine rings is 1. The van der Waals surface area contributed by atoms with Gasteiger partial charge in [-0.15, -0.1) is 12.4 Å². The Morgan fingerprint density at radius 1 is 1.30 bits per heavy atom. The molecule has 1 unspecified atom stereocenters. The van der Waals surface area contributed by atoms with Gasteiger partial charge in [-0.05, 0) is 37.8 Å². The number of benzene rings is 1. The minimum absolute atomic E-state index is 0. The third-order valence-corrected chi connectivity index (χ3v) is 4.17. The van der Waals surface area contributed by atoms with Crippen molar-refractivity contribution < 1.29 is 9.59 Å². The van der Waals surface area contributed by atoms with Crippen molar-refractivity contribution in [2.45, 2.75) is 38.6 Å². The molecule has 128 valence electrons. The van der Waals surface area contributed by atoms with Crippen LogP contribution in [0.25, 0.3) is 0 Å². The van der Waals surface area contributed by atoms with Gasteiger partial charge in [-0.2, -0.15) is 0 Å². The molecule has 6 heteroatoms. The molecule has 1 aliphatic rings. The summed E-state index contributed by atoms with van der Waals surface area (Å²) in [5, 5.41) is 2.89. The average molecular weight is 340 g/mol. The van der Waals surface area contributed by atoms with Gasteiger partial charge in [-0.3, -0.25) is 9.59 Å². The van der Waals surface area contributed by atoms with E-state index in [4.69, 9.17) is 5.73 Å². The fraction of sp³-hybridized carbons (Fsp3) is 0.529. The van der Waals surface area contributed by atoms with Crippen LogP contribution in [0, 0.1) is 6.92 Å². The van der Waals surface area contributed by atoms with Crippen molar-refractivity contribution >= 4 is 24.2 Å². The normalized spacial score (nSPS) is 17.3. The van der Waals surface area contributed by atoms with Gasteiger partial charge in [0.1, 0.15) is 0 Å². The van der Waals surface area contributed by atoms with Gasteiger partial charge in [-0.25, -0.2) is 0 Å². The van der Waals surface area contributed by atoms with Gasteiger partial charge < -0.3 is 16.0 Å². The Hall–Kier alpha value is -1.59. The summed E-state index contributed by atoms with van der Waals surface area (Å²) in [6, 6.07) is 7.73. The maximum Gasteiger partial charge on any atom is 0.254 e. The summed E-state index contributed by atoms with van der Waals surface area (Å²) in [4.78, 5) is 26.3. The summed E-state index contributed by atoms with van der Waals surface area (Å²) in [6.45, 7) is 3.57. The van der Waals surface area contributed by atoms with Gasteiger partial charge in [0.05, 0.1) is 0 Å². The number of hydrogen-bond donors (Lipinski definition) is 2. The number of amides is 2. The van der Waals surface area contributed by atoms with E-state index >= 15 is 0 Å². The van der Waals surface area contributed by atoms with Crippen LogP contribution in [0.1, 0.15) is 41.6 Å². The highest BCUT2D eigenvalue weighted by atomic mass is 35.5. The molecule has 1 saturated heterocycles. The third kappa shape index (κ3) is 5.22. The van der Waals surface area contributed by atoms with Crippen LogP contribution in [0.5, 0.6) is 0 Å². The second-order valence-electron chi connectivity index (χ2n) is 5.81. The molecular formula is C17H26ClN3O2. The van der Waals surface area contributed by atoms with E-state index in [0.29, 0.717) is 19.5 Å². The minimum Gasteiger partial charge on any atom is -0.354 e. The van der Waals surface area contributed by atoms with Crippen molar-refractivity contribution in [3.05, 3.63) is 35.4 Å². The van der Waals surface area contributed by atoms with Crippen LogP contribution in [-0.2, 0) is 4.79 Å². The summed E-state index contributed by atoms with van der Waals surface area (Å²) in [6.07, 6.45) is 3.37. The van der Waals surface area contributed by atoms with Crippen LogP contribution < -0.4 is 11.1 Å². The number of rotatable bonds is 5. The Morgan fingerprint density at radius 2 is 2.04 bits per heavy atom. The lowest BCUT2D eigenvalue weighted by Gasteiger charge is -2.36. The van der Waals surface area contributed by atoms with Crippen LogP contribution in [0.2, 0.25) is 0 Å². The predicted octanol–water partition coefficient (Wildman–Crippen LogP) is 1.88. The Balaban J connectivity index is 0.00000264. The maximum atomic E-state index is 12.8. The highest BCUT2D eigenvalue weighted by molar-refractivity contribution is 5.96. The summed E-state index contributed by atoms with van der Waals surface area (Å²) in [7, 11) is 0. The molecular weight excluding hydrogens is 314 g/mol. The van der Waals surface area contributed by atoms with E-state index < -0.39 is 0 Å². The molecule has 1 aliphatic heterocycles. The molecule has 1 aromatic carbocycles. The van der Waals surface area contributed by atoms with E-state index in [0.717, 1.165) is 36.9 Å². The van der Waals surface area contributed by atoms with Gasteiger partial charge >= 0.3 is 0 Å². The van der Waals surface area contributed by atoms with E-state index in [1.165, 1.54) is 0 Å². The first-order chi connectivity index (χ1) is 10.6. The third-order valence-electron chi connectivity index (χ3n) is 4.17. The number of aryl methyl sites for hydroxylation is 1. The zero-order valence-corrected chi connectivity index (χ0v) is 14.4. The molecule has 5 nitrogen and oxygen atoms in total. The lowest BCUT2D eigenvalue weighted by molar-refractivity contribution is -0.121. The summed E-state index contributed by atoms with van der Waals surface area (Å²) in [5.41, 5.74) is 7.12. The second kappa shape index (κ2) is 9.53. The first-order valence-corrected chi connectivity index (χ1v) is 7.97. The molecule has 1 atom stereocenters. The summed E-state index contributed by atoms with van der Waals surface area (Å²) in [5.74, 6) is 0.0206. The Labute approximate surface area is 144 Å². The SMILES string of the molecule is Cc1ccccc1C(=O)N1CCCCC1CNC(=O)CCN.Cl. The highest BCUT2D eigenvalue weighted by Crippen LogP contribution is 2.20. The van der Waals surface area contributed by atoms with Gasteiger partial charge in [0.2, 0.25) is 5.91 Å². The fourth-order valence-electron chi connectivity index (χ4n) is 2.90. The number of carbonyl (C=O) groups excluding carboxylic acids is 2. The lowest BCUT2D eigenvalue weighted by atomic mass is 9.99. The molecule has 0 saturated carbocycles. The molecule has 2 rings (SSSR count). The molecule has 0 radical (unpaired) electrons. The number of hydrogen-bond acceptors (Lipinski definition) is 3. The van der Waals surface area contributed by atoms with Crippen molar-refractivity contribution in [2.75, 3.05) is 19.6 Å². The molecule has 2 amide bonds. The Morgan fingerprint density at radius 3 is 2.74 bits per heavy atom. The highest BCUT2D eigenvalue weighted by Gasteiger charge is 2.28. The van der Waals surface area contributed by atoms with Crippen molar-refractivity contribution in [2.24, 2.45) is 5.73 Å². The first-order valence-electron chi connectivity index (χ1n) is 7.97. The average Bonchev–Trinajstić information content (AvgIpc) is 2.53. The maximum absolute atomic E-state index is 12.8.